The maximum absolute atomic E-state index is 13.6. The highest BCUT2D eigenvalue weighted by atomic mass is 32.2. The van der Waals surface area contributed by atoms with Gasteiger partial charge < -0.3 is 5.11 Å². The van der Waals surface area contributed by atoms with Crippen molar-refractivity contribution in [3.8, 4) is 0 Å². The van der Waals surface area contributed by atoms with Gasteiger partial charge in [0, 0.05) is 12.1 Å². The van der Waals surface area contributed by atoms with Crippen LogP contribution in [0.25, 0.3) is 0 Å². The second-order valence-electron chi connectivity index (χ2n) is 4.86. The number of rotatable bonds is 4. The maximum Gasteiger partial charge on any atom is 0.306 e. The molecule has 0 amide bonds. The Morgan fingerprint density at radius 2 is 1.90 bits per heavy atom. The van der Waals surface area contributed by atoms with E-state index in [0.29, 0.717) is 6.07 Å². The molecular formula is C12H13F2NO4S. The Hall–Kier alpha value is -1.54. The van der Waals surface area contributed by atoms with Gasteiger partial charge in [0.1, 0.15) is 16.5 Å². The molecule has 2 N–H and O–H groups in total. The van der Waals surface area contributed by atoms with Crippen LogP contribution in [0, 0.1) is 24.5 Å². The van der Waals surface area contributed by atoms with Crippen molar-refractivity contribution in [1.82, 2.24) is 4.72 Å². The molecule has 20 heavy (non-hydrogen) atoms. The number of carboxylic acid groups (broad SMARTS) is 1. The van der Waals surface area contributed by atoms with Gasteiger partial charge in [-0.25, -0.2) is 21.9 Å². The van der Waals surface area contributed by atoms with E-state index < -0.39 is 44.5 Å². The third-order valence-electron chi connectivity index (χ3n) is 3.31. The van der Waals surface area contributed by atoms with E-state index in [2.05, 4.69) is 4.72 Å². The molecule has 1 aliphatic rings. The van der Waals surface area contributed by atoms with Gasteiger partial charge in [0.15, 0.2) is 0 Å². The Morgan fingerprint density at radius 3 is 2.45 bits per heavy atom. The normalized spacial score (nSPS) is 22.4. The lowest BCUT2D eigenvalue weighted by Gasteiger charge is -2.32. The molecule has 0 radical (unpaired) electrons. The SMILES string of the molecule is Cc1cc(S(=O)(=O)NC2CC(C(=O)O)C2)c(F)cc1F. The van der Waals surface area contributed by atoms with Crippen molar-refractivity contribution in [3.05, 3.63) is 29.3 Å². The molecule has 1 aromatic rings. The van der Waals surface area contributed by atoms with E-state index in [1.54, 1.807) is 0 Å². The first-order valence-electron chi connectivity index (χ1n) is 5.91. The number of carboxylic acids is 1. The molecule has 0 heterocycles. The lowest BCUT2D eigenvalue weighted by atomic mass is 9.81. The first kappa shape index (κ1) is 14.9. The van der Waals surface area contributed by atoms with E-state index in [1.165, 1.54) is 6.92 Å². The summed E-state index contributed by atoms with van der Waals surface area (Å²) in [5.74, 6) is -3.56. The summed E-state index contributed by atoms with van der Waals surface area (Å²) >= 11 is 0. The minimum atomic E-state index is -4.12. The van der Waals surface area contributed by atoms with Crippen LogP contribution in [0.1, 0.15) is 18.4 Å². The van der Waals surface area contributed by atoms with Gasteiger partial charge in [-0.2, -0.15) is 0 Å². The van der Waals surface area contributed by atoms with Gasteiger partial charge in [-0.05, 0) is 31.4 Å². The Bertz CT molecular complexity index is 654. The smallest absolute Gasteiger partial charge is 0.306 e. The van der Waals surface area contributed by atoms with Crippen molar-refractivity contribution in [2.75, 3.05) is 0 Å². The van der Waals surface area contributed by atoms with Crippen LogP contribution >= 0.6 is 0 Å². The Morgan fingerprint density at radius 1 is 1.30 bits per heavy atom. The molecule has 1 fully saturated rings. The summed E-state index contributed by atoms with van der Waals surface area (Å²) in [6.45, 7) is 1.33. The van der Waals surface area contributed by atoms with Crippen LogP contribution in [-0.2, 0) is 14.8 Å². The van der Waals surface area contributed by atoms with Crippen molar-refractivity contribution >= 4 is 16.0 Å². The summed E-state index contributed by atoms with van der Waals surface area (Å²) in [5, 5.41) is 8.70. The van der Waals surface area contributed by atoms with Crippen molar-refractivity contribution in [2.24, 2.45) is 5.92 Å². The van der Waals surface area contributed by atoms with Crippen molar-refractivity contribution in [1.29, 1.82) is 0 Å². The topological polar surface area (TPSA) is 83.5 Å². The molecule has 0 bridgehead atoms. The van der Waals surface area contributed by atoms with Crippen LogP contribution in [0.5, 0.6) is 0 Å². The Balaban J connectivity index is 2.16. The van der Waals surface area contributed by atoms with Gasteiger partial charge in [-0.3, -0.25) is 4.79 Å². The zero-order valence-corrected chi connectivity index (χ0v) is 11.4. The number of benzene rings is 1. The van der Waals surface area contributed by atoms with Crippen LogP contribution in [-0.4, -0.2) is 25.5 Å². The van der Waals surface area contributed by atoms with Crippen molar-refractivity contribution in [3.63, 3.8) is 0 Å². The predicted octanol–water partition coefficient (Wildman–Crippen LogP) is 1.41. The average molecular weight is 305 g/mol. The fourth-order valence-corrected chi connectivity index (χ4v) is 3.44. The number of aryl methyl sites for hydroxylation is 1. The fourth-order valence-electron chi connectivity index (χ4n) is 2.04. The molecule has 0 atom stereocenters. The third kappa shape index (κ3) is 2.80. The lowest BCUT2D eigenvalue weighted by Crippen LogP contribution is -2.46. The monoisotopic (exact) mass is 305 g/mol. The zero-order chi connectivity index (χ0) is 15.1. The molecule has 0 aromatic heterocycles. The summed E-state index contributed by atoms with van der Waals surface area (Å²) in [4.78, 5) is 9.99. The number of hydrogen-bond acceptors (Lipinski definition) is 3. The number of nitrogens with one attached hydrogen (secondary N) is 1. The zero-order valence-electron chi connectivity index (χ0n) is 10.6. The average Bonchev–Trinajstić information content (AvgIpc) is 2.27. The Labute approximate surface area is 114 Å². The molecule has 0 aliphatic heterocycles. The summed E-state index contributed by atoms with van der Waals surface area (Å²) in [7, 11) is -4.12. The van der Waals surface area contributed by atoms with Gasteiger partial charge in [-0.1, -0.05) is 0 Å². The molecule has 0 spiro atoms. The highest BCUT2D eigenvalue weighted by Crippen LogP contribution is 2.29. The number of halogens is 2. The van der Waals surface area contributed by atoms with Crippen LogP contribution in [0.15, 0.2) is 17.0 Å². The van der Waals surface area contributed by atoms with E-state index in [1.807, 2.05) is 0 Å². The molecular weight excluding hydrogens is 292 g/mol. The number of sulfonamides is 1. The third-order valence-corrected chi connectivity index (χ3v) is 4.85. The van der Waals surface area contributed by atoms with Gasteiger partial charge in [0.25, 0.3) is 0 Å². The van der Waals surface area contributed by atoms with Crippen molar-refractivity contribution < 1.29 is 27.1 Å². The molecule has 1 saturated carbocycles. The summed E-state index contributed by atoms with van der Waals surface area (Å²) in [6, 6.07) is 0.899. The largest absolute Gasteiger partial charge is 0.481 e. The second-order valence-corrected chi connectivity index (χ2v) is 6.54. The molecule has 110 valence electrons. The van der Waals surface area contributed by atoms with Gasteiger partial charge in [-0.15, -0.1) is 0 Å². The summed E-state index contributed by atoms with van der Waals surface area (Å²) < 4.78 is 52.8. The quantitative estimate of drug-likeness (QED) is 0.881. The Kier molecular flexibility index (Phi) is 3.79. The molecule has 0 saturated heterocycles. The highest BCUT2D eigenvalue weighted by molar-refractivity contribution is 7.89. The molecule has 2 rings (SSSR count). The predicted molar refractivity (Wildman–Crippen MR) is 65.6 cm³/mol. The fraction of sp³-hybridized carbons (Fsp3) is 0.417. The standard InChI is InChI=1S/C12H13F2NO4S/c1-6-2-11(10(14)5-9(6)13)20(18,19)15-8-3-7(4-8)12(16)17/h2,5,7-8,15H,3-4H2,1H3,(H,16,17). The van der Waals surface area contributed by atoms with E-state index in [4.69, 9.17) is 5.11 Å². The van der Waals surface area contributed by atoms with Gasteiger partial charge in [0.05, 0.1) is 5.92 Å². The van der Waals surface area contributed by atoms with Crippen LogP contribution in [0.3, 0.4) is 0 Å². The molecule has 5 nitrogen and oxygen atoms in total. The van der Waals surface area contributed by atoms with Crippen LogP contribution in [0.2, 0.25) is 0 Å². The molecule has 1 aliphatic carbocycles. The number of aliphatic carboxylic acids is 1. The summed E-state index contributed by atoms with van der Waals surface area (Å²) in [5.41, 5.74) is 0.0174. The first-order chi connectivity index (χ1) is 9.20. The van der Waals surface area contributed by atoms with E-state index in [-0.39, 0.29) is 18.4 Å². The van der Waals surface area contributed by atoms with E-state index in [0.717, 1.165) is 6.07 Å². The highest BCUT2D eigenvalue weighted by Gasteiger charge is 2.37. The van der Waals surface area contributed by atoms with Gasteiger partial charge >= 0.3 is 5.97 Å². The number of hydrogen-bond donors (Lipinski definition) is 2. The lowest BCUT2D eigenvalue weighted by molar-refractivity contribution is -0.145. The van der Waals surface area contributed by atoms with Crippen molar-refractivity contribution in [2.45, 2.75) is 30.7 Å². The van der Waals surface area contributed by atoms with E-state index in [9.17, 15) is 22.0 Å². The van der Waals surface area contributed by atoms with Crippen LogP contribution < -0.4 is 4.72 Å². The molecule has 1 aromatic carbocycles. The minimum absolute atomic E-state index is 0.0174. The maximum atomic E-state index is 13.6. The second kappa shape index (κ2) is 5.10. The first-order valence-corrected chi connectivity index (χ1v) is 7.40. The number of carbonyl (C=O) groups is 1. The van der Waals surface area contributed by atoms with Gasteiger partial charge in [0.2, 0.25) is 10.0 Å². The molecule has 8 heteroatoms. The molecule has 0 unspecified atom stereocenters. The minimum Gasteiger partial charge on any atom is -0.481 e. The van der Waals surface area contributed by atoms with Crippen LogP contribution in [0.4, 0.5) is 8.78 Å². The summed E-state index contributed by atoms with van der Waals surface area (Å²) in [6.07, 6.45) is 0.326. The van der Waals surface area contributed by atoms with E-state index >= 15 is 0 Å².